The molecule has 0 aliphatic heterocycles. The molecule has 34 heavy (non-hydrogen) atoms. The van der Waals surface area contributed by atoms with Gasteiger partial charge < -0.3 is 19.3 Å². The Labute approximate surface area is 199 Å². The minimum atomic E-state index is -1.01. The molecule has 3 aromatic carbocycles. The highest BCUT2D eigenvalue weighted by Gasteiger charge is 2.41. The Kier molecular flexibility index (Phi) is 7.45. The number of ether oxygens (including phenoxy) is 3. The molecule has 0 radical (unpaired) electrons. The molecule has 0 aromatic heterocycles. The van der Waals surface area contributed by atoms with Gasteiger partial charge in [-0.05, 0) is 29.7 Å². The van der Waals surface area contributed by atoms with Crippen LogP contribution in [-0.2, 0) is 38.8 Å². The maximum absolute atomic E-state index is 12.0. The number of hydrogen-bond acceptors (Lipinski definition) is 4. The smallest absolute Gasteiger partial charge is 0.331 e. The Balaban J connectivity index is 1.66. The second-order valence-electron chi connectivity index (χ2n) is 8.40. The van der Waals surface area contributed by atoms with Crippen LogP contribution in [0.3, 0.4) is 0 Å². The molecular formula is C29H28O5. The van der Waals surface area contributed by atoms with Crippen LogP contribution in [0.2, 0.25) is 0 Å². The summed E-state index contributed by atoms with van der Waals surface area (Å²) in [6.07, 6.45) is 1.72. The average molecular weight is 457 g/mol. The van der Waals surface area contributed by atoms with E-state index >= 15 is 0 Å². The van der Waals surface area contributed by atoms with Crippen molar-refractivity contribution in [1.29, 1.82) is 0 Å². The van der Waals surface area contributed by atoms with Gasteiger partial charge in [-0.2, -0.15) is 0 Å². The minimum Gasteiger partial charge on any atom is -0.486 e. The molecule has 1 aliphatic carbocycles. The van der Waals surface area contributed by atoms with E-state index in [1.807, 2.05) is 97.9 Å². The van der Waals surface area contributed by atoms with E-state index in [0.29, 0.717) is 24.7 Å². The van der Waals surface area contributed by atoms with E-state index < -0.39 is 11.6 Å². The number of rotatable bonds is 10. The monoisotopic (exact) mass is 456 g/mol. The average Bonchev–Trinajstić information content (AvgIpc) is 2.87. The summed E-state index contributed by atoms with van der Waals surface area (Å²) in [6.45, 7) is 2.77. The van der Waals surface area contributed by atoms with Gasteiger partial charge in [-0.15, -0.1) is 0 Å². The van der Waals surface area contributed by atoms with E-state index in [9.17, 15) is 9.90 Å². The third-order valence-corrected chi connectivity index (χ3v) is 5.68. The van der Waals surface area contributed by atoms with Gasteiger partial charge in [0.05, 0.1) is 6.61 Å². The molecule has 0 saturated heterocycles. The predicted molar refractivity (Wildman–Crippen MR) is 129 cm³/mol. The van der Waals surface area contributed by atoms with Crippen LogP contribution in [-0.4, -0.2) is 16.7 Å². The standard InChI is InChI=1S/C29H28O5/c1-29(34-21-24-15-9-4-10-16-24)18-25(28(30)31)17-26(32-19-22-11-5-2-6-12-22)27(29)33-20-23-13-7-3-8-14-23/h2-17H,18-21H2,1H3,(H,30,31). The van der Waals surface area contributed by atoms with Crippen LogP contribution in [0.15, 0.2) is 114 Å². The summed E-state index contributed by atoms with van der Waals surface area (Å²) in [5.41, 5.74) is 2.16. The Morgan fingerprint density at radius 2 is 1.24 bits per heavy atom. The van der Waals surface area contributed by atoms with Crippen molar-refractivity contribution in [3.63, 3.8) is 0 Å². The fourth-order valence-electron chi connectivity index (χ4n) is 3.85. The van der Waals surface area contributed by atoms with Gasteiger partial charge in [0.15, 0.2) is 11.5 Å². The van der Waals surface area contributed by atoms with Crippen molar-refractivity contribution in [2.75, 3.05) is 0 Å². The Bertz CT molecular complexity index is 1150. The Morgan fingerprint density at radius 1 is 0.765 bits per heavy atom. The van der Waals surface area contributed by atoms with Gasteiger partial charge in [0, 0.05) is 12.0 Å². The molecular weight excluding hydrogens is 428 g/mol. The molecule has 174 valence electrons. The molecule has 0 bridgehead atoms. The maximum atomic E-state index is 12.0. The molecule has 5 nitrogen and oxygen atoms in total. The molecule has 1 N–H and O–H groups in total. The van der Waals surface area contributed by atoms with Crippen molar-refractivity contribution in [3.05, 3.63) is 131 Å². The van der Waals surface area contributed by atoms with E-state index in [2.05, 4.69) is 0 Å². The molecule has 5 heteroatoms. The second kappa shape index (κ2) is 10.9. The van der Waals surface area contributed by atoms with Gasteiger partial charge in [-0.1, -0.05) is 91.0 Å². The van der Waals surface area contributed by atoms with Gasteiger partial charge >= 0.3 is 5.97 Å². The van der Waals surface area contributed by atoms with Crippen LogP contribution >= 0.6 is 0 Å². The fraction of sp³-hybridized carbons (Fsp3) is 0.207. The molecule has 0 fully saturated rings. The SMILES string of the molecule is CC1(OCc2ccccc2)CC(C(=O)O)=CC(OCc2ccccc2)=C1OCc1ccccc1. The van der Waals surface area contributed by atoms with E-state index in [1.54, 1.807) is 6.08 Å². The van der Waals surface area contributed by atoms with Crippen LogP contribution in [0.25, 0.3) is 0 Å². The first-order chi connectivity index (χ1) is 16.5. The summed E-state index contributed by atoms with van der Waals surface area (Å²) < 4.78 is 18.8. The lowest BCUT2D eigenvalue weighted by Gasteiger charge is -2.36. The first kappa shape index (κ1) is 23.3. The number of carbonyl (C=O) groups is 1. The number of aliphatic carboxylic acids is 1. The molecule has 4 rings (SSSR count). The Hall–Kier alpha value is -3.83. The van der Waals surface area contributed by atoms with Crippen LogP contribution in [0.4, 0.5) is 0 Å². The van der Waals surface area contributed by atoms with Gasteiger partial charge in [-0.3, -0.25) is 0 Å². The summed E-state index contributed by atoms with van der Waals surface area (Å²) in [5, 5.41) is 9.81. The highest BCUT2D eigenvalue weighted by Crippen LogP contribution is 2.39. The van der Waals surface area contributed by atoms with E-state index in [0.717, 1.165) is 16.7 Å². The number of benzene rings is 3. The molecule has 0 heterocycles. The van der Waals surface area contributed by atoms with Crippen molar-refractivity contribution in [1.82, 2.24) is 0 Å². The predicted octanol–water partition coefficient (Wildman–Crippen LogP) is 6.02. The minimum absolute atomic E-state index is 0.164. The highest BCUT2D eigenvalue weighted by molar-refractivity contribution is 5.88. The van der Waals surface area contributed by atoms with Crippen molar-refractivity contribution >= 4 is 5.97 Å². The third-order valence-electron chi connectivity index (χ3n) is 5.68. The fourth-order valence-corrected chi connectivity index (χ4v) is 3.85. The number of carboxylic acids is 1. The normalized spacial score (nSPS) is 17.7. The van der Waals surface area contributed by atoms with Crippen LogP contribution in [0, 0.1) is 0 Å². The van der Waals surface area contributed by atoms with Crippen LogP contribution < -0.4 is 0 Å². The zero-order chi connectivity index (χ0) is 23.8. The molecule has 0 amide bonds. The summed E-state index contributed by atoms with van der Waals surface area (Å²) >= 11 is 0. The Morgan fingerprint density at radius 3 is 1.74 bits per heavy atom. The van der Waals surface area contributed by atoms with E-state index in [4.69, 9.17) is 14.2 Å². The van der Waals surface area contributed by atoms with Gasteiger partial charge in [0.1, 0.15) is 18.8 Å². The third kappa shape index (κ3) is 5.94. The number of hydrogen-bond donors (Lipinski definition) is 1. The van der Waals surface area contributed by atoms with E-state index in [1.165, 1.54) is 0 Å². The van der Waals surface area contributed by atoms with Gasteiger partial charge in [0.25, 0.3) is 0 Å². The number of carboxylic acid groups (broad SMARTS) is 1. The molecule has 0 spiro atoms. The van der Waals surface area contributed by atoms with Crippen molar-refractivity contribution in [3.8, 4) is 0 Å². The maximum Gasteiger partial charge on any atom is 0.331 e. The van der Waals surface area contributed by atoms with Crippen molar-refractivity contribution < 1.29 is 24.1 Å². The quantitative estimate of drug-likeness (QED) is 0.404. The molecule has 1 unspecified atom stereocenters. The summed E-state index contributed by atoms with van der Waals surface area (Å²) in [4.78, 5) is 12.0. The highest BCUT2D eigenvalue weighted by atomic mass is 16.6. The molecule has 0 saturated carbocycles. The zero-order valence-electron chi connectivity index (χ0n) is 19.1. The van der Waals surface area contributed by atoms with E-state index in [-0.39, 0.29) is 18.6 Å². The lowest BCUT2D eigenvalue weighted by molar-refractivity contribution is -0.134. The first-order valence-electron chi connectivity index (χ1n) is 11.2. The molecule has 3 aromatic rings. The van der Waals surface area contributed by atoms with Gasteiger partial charge in [-0.25, -0.2) is 4.79 Å². The van der Waals surface area contributed by atoms with Crippen LogP contribution in [0.1, 0.15) is 30.0 Å². The largest absolute Gasteiger partial charge is 0.486 e. The summed E-state index contributed by atoms with van der Waals surface area (Å²) in [5.74, 6) is -0.135. The lowest BCUT2D eigenvalue weighted by atomic mass is 9.88. The lowest BCUT2D eigenvalue weighted by Crippen LogP contribution is -2.37. The molecule has 1 aliphatic rings. The van der Waals surface area contributed by atoms with Crippen molar-refractivity contribution in [2.24, 2.45) is 0 Å². The summed E-state index contributed by atoms with van der Waals surface area (Å²) in [6, 6.07) is 29.3. The summed E-state index contributed by atoms with van der Waals surface area (Å²) in [7, 11) is 0. The first-order valence-corrected chi connectivity index (χ1v) is 11.2. The van der Waals surface area contributed by atoms with Crippen molar-refractivity contribution in [2.45, 2.75) is 38.8 Å². The topological polar surface area (TPSA) is 65.0 Å². The van der Waals surface area contributed by atoms with Crippen LogP contribution in [0.5, 0.6) is 0 Å². The second-order valence-corrected chi connectivity index (χ2v) is 8.40. The van der Waals surface area contributed by atoms with Gasteiger partial charge in [0.2, 0.25) is 0 Å². The zero-order valence-corrected chi connectivity index (χ0v) is 19.1. The molecule has 1 atom stereocenters. The number of allylic oxidation sites excluding steroid dienone is 1.